The van der Waals surface area contributed by atoms with Crippen LogP contribution in [-0.2, 0) is 9.59 Å². The van der Waals surface area contributed by atoms with Crippen LogP contribution in [0.1, 0.15) is 47.5 Å². The van der Waals surface area contributed by atoms with Gasteiger partial charge < -0.3 is 16.2 Å². The molecular formula is C23H22F2N2O4. The van der Waals surface area contributed by atoms with Gasteiger partial charge in [0.25, 0.3) is 0 Å². The average molecular weight is 428 g/mol. The molecule has 1 saturated carbocycles. The Labute approximate surface area is 177 Å². The summed E-state index contributed by atoms with van der Waals surface area (Å²) >= 11 is 0. The molecule has 4 rings (SSSR count). The molecule has 0 aromatic heterocycles. The van der Waals surface area contributed by atoms with Crippen LogP contribution in [0.2, 0.25) is 0 Å². The molecule has 162 valence electrons. The number of hydrogen-bond donors (Lipinski definition) is 3. The molecule has 8 heteroatoms. The third kappa shape index (κ3) is 3.72. The zero-order valence-corrected chi connectivity index (χ0v) is 16.6. The van der Waals surface area contributed by atoms with Crippen LogP contribution >= 0.6 is 0 Å². The first-order chi connectivity index (χ1) is 14.7. The second-order valence-electron chi connectivity index (χ2n) is 8.34. The molecule has 1 fully saturated rings. The Morgan fingerprint density at radius 1 is 1.10 bits per heavy atom. The fourth-order valence-electron chi connectivity index (χ4n) is 5.07. The van der Waals surface area contributed by atoms with Crippen molar-refractivity contribution in [3.63, 3.8) is 0 Å². The number of rotatable bonds is 6. The smallest absolute Gasteiger partial charge is 0.324 e. The van der Waals surface area contributed by atoms with E-state index in [-0.39, 0.29) is 12.0 Å². The lowest BCUT2D eigenvalue weighted by molar-refractivity contribution is -0.146. The molecule has 1 heterocycles. The van der Waals surface area contributed by atoms with E-state index in [1.807, 2.05) is 12.1 Å². The highest BCUT2D eigenvalue weighted by Gasteiger charge is 2.53. The molecule has 0 radical (unpaired) electrons. The van der Waals surface area contributed by atoms with Crippen LogP contribution < -0.4 is 11.1 Å². The van der Waals surface area contributed by atoms with Crippen molar-refractivity contribution in [1.82, 2.24) is 0 Å². The number of nitrogens with one attached hydrogen (secondary N) is 1. The molecule has 6 nitrogen and oxygen atoms in total. The summed E-state index contributed by atoms with van der Waals surface area (Å²) in [7, 11) is 0. The number of benzene rings is 2. The van der Waals surface area contributed by atoms with Crippen LogP contribution in [0.3, 0.4) is 0 Å². The normalized spacial score (nSPS) is 23.8. The standard InChI is InChI=1S/C23H22F2N2O4/c24-13-8-12(9-14(25)10-13)21(29)19(28)11-23(26,22(30)31)20-15-4-1-2-6-17(15)27-18-7-3-5-16(18)20/h1-2,4,6,8-10,16,18,20,27H,3,5,7,11,26H2,(H,30,31)/t16-,18+,20?,23?/m0/s1. The lowest BCUT2D eigenvalue weighted by Crippen LogP contribution is -2.59. The van der Waals surface area contributed by atoms with Gasteiger partial charge in [0.15, 0.2) is 0 Å². The molecule has 2 aromatic rings. The SMILES string of the molecule is NC(CC(=O)C(=O)c1cc(F)cc(F)c1)(C(=O)O)C1c2ccccc2N[C@@H]2CCC[C@H]12. The average Bonchev–Trinajstić information content (AvgIpc) is 3.18. The van der Waals surface area contributed by atoms with E-state index in [2.05, 4.69) is 5.32 Å². The summed E-state index contributed by atoms with van der Waals surface area (Å²) in [5, 5.41) is 13.5. The zero-order valence-electron chi connectivity index (χ0n) is 16.6. The Morgan fingerprint density at radius 3 is 2.45 bits per heavy atom. The number of carboxylic acid groups (broad SMARTS) is 1. The predicted molar refractivity (Wildman–Crippen MR) is 109 cm³/mol. The zero-order chi connectivity index (χ0) is 22.3. The quantitative estimate of drug-likeness (QED) is 0.481. The monoisotopic (exact) mass is 428 g/mol. The van der Waals surface area contributed by atoms with E-state index in [1.165, 1.54) is 0 Å². The number of carbonyl (C=O) groups excluding carboxylic acids is 2. The molecule has 0 saturated heterocycles. The summed E-state index contributed by atoms with van der Waals surface area (Å²) in [6, 6.07) is 9.30. The molecule has 31 heavy (non-hydrogen) atoms. The van der Waals surface area contributed by atoms with Crippen molar-refractivity contribution in [2.24, 2.45) is 11.7 Å². The summed E-state index contributed by atoms with van der Waals surface area (Å²) in [5.74, 6) is -6.49. The maximum absolute atomic E-state index is 13.5. The number of Topliss-reactive ketones (excluding diaryl/α,β-unsaturated/α-hetero) is 2. The van der Waals surface area contributed by atoms with Gasteiger partial charge in [-0.1, -0.05) is 24.6 Å². The molecule has 0 bridgehead atoms. The van der Waals surface area contributed by atoms with E-state index in [0.29, 0.717) is 11.6 Å². The summed E-state index contributed by atoms with van der Waals surface area (Å²) in [6.45, 7) is 0. The largest absolute Gasteiger partial charge is 0.480 e. The molecule has 4 atom stereocenters. The molecule has 2 aliphatic rings. The van der Waals surface area contributed by atoms with Gasteiger partial charge >= 0.3 is 5.97 Å². The number of nitrogens with two attached hydrogens (primary N) is 1. The van der Waals surface area contributed by atoms with Gasteiger partial charge in [-0.25, -0.2) is 8.78 Å². The van der Waals surface area contributed by atoms with Crippen LogP contribution in [-0.4, -0.2) is 34.2 Å². The maximum atomic E-state index is 13.5. The van der Waals surface area contributed by atoms with Crippen LogP contribution in [0, 0.1) is 17.6 Å². The molecule has 0 amide bonds. The lowest BCUT2D eigenvalue weighted by atomic mass is 9.66. The number of carbonyl (C=O) groups is 3. The van der Waals surface area contributed by atoms with Crippen molar-refractivity contribution in [1.29, 1.82) is 0 Å². The van der Waals surface area contributed by atoms with E-state index < -0.39 is 52.6 Å². The number of carboxylic acids is 1. The van der Waals surface area contributed by atoms with E-state index in [9.17, 15) is 28.3 Å². The van der Waals surface area contributed by atoms with Crippen LogP contribution in [0.4, 0.5) is 14.5 Å². The van der Waals surface area contributed by atoms with E-state index in [1.54, 1.807) is 12.1 Å². The van der Waals surface area contributed by atoms with E-state index in [4.69, 9.17) is 5.73 Å². The Bertz CT molecular complexity index is 1050. The van der Waals surface area contributed by atoms with Gasteiger partial charge in [0.2, 0.25) is 11.6 Å². The van der Waals surface area contributed by atoms with Crippen LogP contribution in [0.5, 0.6) is 0 Å². The Hall–Kier alpha value is -3.13. The van der Waals surface area contributed by atoms with Crippen molar-refractivity contribution in [3.05, 3.63) is 65.2 Å². The molecule has 0 spiro atoms. The number of ketones is 2. The first-order valence-corrected chi connectivity index (χ1v) is 10.1. The second-order valence-corrected chi connectivity index (χ2v) is 8.34. The molecular weight excluding hydrogens is 406 g/mol. The summed E-state index contributed by atoms with van der Waals surface area (Å²) in [5.41, 5.74) is 5.34. The minimum atomic E-state index is -2.05. The summed E-state index contributed by atoms with van der Waals surface area (Å²) in [4.78, 5) is 37.7. The third-order valence-corrected chi connectivity index (χ3v) is 6.42. The van der Waals surface area contributed by atoms with Gasteiger partial charge in [0.1, 0.15) is 17.2 Å². The van der Waals surface area contributed by atoms with E-state index >= 15 is 0 Å². The Kier molecular flexibility index (Phi) is 5.35. The minimum Gasteiger partial charge on any atom is -0.480 e. The number of anilines is 1. The van der Waals surface area contributed by atoms with Gasteiger partial charge in [-0.2, -0.15) is 0 Å². The lowest BCUT2D eigenvalue weighted by Gasteiger charge is -2.44. The second kappa shape index (κ2) is 7.85. The number of hydrogen-bond acceptors (Lipinski definition) is 5. The number of halogens is 2. The topological polar surface area (TPSA) is 109 Å². The third-order valence-electron chi connectivity index (χ3n) is 6.42. The van der Waals surface area contributed by atoms with Gasteiger partial charge in [0.05, 0.1) is 0 Å². The van der Waals surface area contributed by atoms with Crippen LogP contribution in [0.25, 0.3) is 0 Å². The number of para-hydroxylation sites is 1. The van der Waals surface area contributed by atoms with Gasteiger partial charge in [-0.05, 0) is 42.5 Å². The molecule has 4 N–H and O–H groups in total. The van der Waals surface area contributed by atoms with Crippen molar-refractivity contribution in [2.45, 2.75) is 43.2 Å². The number of aliphatic carboxylic acids is 1. The van der Waals surface area contributed by atoms with Gasteiger partial charge in [-0.3, -0.25) is 14.4 Å². The van der Waals surface area contributed by atoms with E-state index in [0.717, 1.165) is 37.1 Å². The van der Waals surface area contributed by atoms with Crippen molar-refractivity contribution < 1.29 is 28.3 Å². The predicted octanol–water partition coefficient (Wildman–Crippen LogP) is 3.27. The molecule has 1 aliphatic heterocycles. The van der Waals surface area contributed by atoms with Gasteiger partial charge in [-0.15, -0.1) is 0 Å². The van der Waals surface area contributed by atoms with Crippen LogP contribution in [0.15, 0.2) is 42.5 Å². The fraction of sp³-hybridized carbons (Fsp3) is 0.348. The minimum absolute atomic E-state index is 0.0188. The molecule has 2 aromatic carbocycles. The number of fused-ring (bicyclic) bond motifs is 2. The summed E-state index contributed by atoms with van der Waals surface area (Å²) < 4.78 is 27.0. The van der Waals surface area contributed by atoms with Crippen molar-refractivity contribution in [3.8, 4) is 0 Å². The Balaban J connectivity index is 1.71. The first kappa shape index (κ1) is 21.1. The fourth-order valence-corrected chi connectivity index (χ4v) is 5.07. The van der Waals surface area contributed by atoms with Crippen molar-refractivity contribution in [2.75, 3.05) is 5.32 Å². The van der Waals surface area contributed by atoms with Gasteiger partial charge in [0, 0.05) is 35.7 Å². The first-order valence-electron chi connectivity index (χ1n) is 10.1. The highest BCUT2D eigenvalue weighted by Crippen LogP contribution is 2.50. The Morgan fingerprint density at radius 2 is 1.77 bits per heavy atom. The highest BCUT2D eigenvalue weighted by atomic mass is 19.1. The highest BCUT2D eigenvalue weighted by molar-refractivity contribution is 6.44. The summed E-state index contributed by atoms with van der Waals surface area (Å²) in [6.07, 6.45) is 1.69. The molecule has 1 aliphatic carbocycles. The van der Waals surface area contributed by atoms with Crippen molar-refractivity contribution >= 4 is 23.2 Å². The molecule has 2 unspecified atom stereocenters. The maximum Gasteiger partial charge on any atom is 0.324 e.